The zero-order valence-corrected chi connectivity index (χ0v) is 11.2. The van der Waals surface area contributed by atoms with Crippen LogP contribution in [0.15, 0.2) is 24.5 Å². The first-order chi connectivity index (χ1) is 9.31. The number of nitrogens with one attached hydrogen (secondary N) is 1. The second kappa shape index (κ2) is 5.59. The van der Waals surface area contributed by atoms with Gasteiger partial charge in [-0.05, 0) is 42.4 Å². The maximum absolute atomic E-state index is 11.9. The molecule has 0 spiro atoms. The number of carbonyl (C=O) groups excluding carboxylic acids is 1. The van der Waals surface area contributed by atoms with Crippen molar-refractivity contribution in [1.29, 1.82) is 0 Å². The van der Waals surface area contributed by atoms with Crippen molar-refractivity contribution < 1.29 is 4.79 Å². The molecule has 2 fully saturated rings. The smallest absolute Gasteiger partial charge is 0.317 e. The van der Waals surface area contributed by atoms with Gasteiger partial charge in [-0.1, -0.05) is 12.8 Å². The molecule has 1 saturated carbocycles. The van der Waals surface area contributed by atoms with Crippen molar-refractivity contribution in [2.45, 2.75) is 25.7 Å². The third-order valence-electron chi connectivity index (χ3n) is 4.05. The average Bonchev–Trinajstić information content (AvgIpc) is 3.18. The molecule has 1 aromatic heterocycles. The molecule has 1 aliphatic heterocycles. The summed E-state index contributed by atoms with van der Waals surface area (Å²) < 4.78 is 0. The molecule has 1 N–H and O–H groups in total. The van der Waals surface area contributed by atoms with Crippen molar-refractivity contribution in [1.82, 2.24) is 15.2 Å². The number of hydrogen-bond acceptors (Lipinski definition) is 2. The summed E-state index contributed by atoms with van der Waals surface area (Å²) in [6, 6.07) is 4.07. The van der Waals surface area contributed by atoms with Crippen molar-refractivity contribution in [2.75, 3.05) is 19.6 Å². The van der Waals surface area contributed by atoms with Crippen LogP contribution in [0.4, 0.5) is 4.79 Å². The number of pyridine rings is 1. The quantitative estimate of drug-likeness (QED) is 0.879. The highest BCUT2D eigenvalue weighted by molar-refractivity contribution is 5.75. The first kappa shape index (κ1) is 12.5. The van der Waals surface area contributed by atoms with E-state index in [2.05, 4.69) is 10.3 Å². The molecule has 19 heavy (non-hydrogen) atoms. The predicted molar refractivity (Wildman–Crippen MR) is 73.7 cm³/mol. The van der Waals surface area contributed by atoms with Crippen molar-refractivity contribution in [2.24, 2.45) is 11.8 Å². The Balaban J connectivity index is 1.31. The maximum atomic E-state index is 11.9. The van der Waals surface area contributed by atoms with Gasteiger partial charge in [0.1, 0.15) is 0 Å². The Morgan fingerprint density at radius 2 is 2.00 bits per heavy atom. The lowest BCUT2D eigenvalue weighted by atomic mass is 9.94. The van der Waals surface area contributed by atoms with Crippen LogP contribution in [0.3, 0.4) is 0 Å². The molecule has 0 unspecified atom stereocenters. The monoisotopic (exact) mass is 259 g/mol. The summed E-state index contributed by atoms with van der Waals surface area (Å²) in [7, 11) is 0. The van der Waals surface area contributed by atoms with Crippen molar-refractivity contribution >= 4 is 6.03 Å². The van der Waals surface area contributed by atoms with Crippen molar-refractivity contribution in [3.63, 3.8) is 0 Å². The van der Waals surface area contributed by atoms with Gasteiger partial charge in [0.2, 0.25) is 0 Å². The van der Waals surface area contributed by atoms with Crippen LogP contribution in [-0.2, 0) is 6.42 Å². The Bertz CT molecular complexity index is 424. The third kappa shape index (κ3) is 3.46. The molecule has 0 radical (unpaired) electrons. The van der Waals surface area contributed by atoms with Crippen LogP contribution in [-0.4, -0.2) is 35.5 Å². The number of aromatic nitrogens is 1. The fourth-order valence-electron chi connectivity index (χ4n) is 2.68. The molecule has 1 aliphatic carbocycles. The molecule has 0 aromatic carbocycles. The van der Waals surface area contributed by atoms with E-state index in [9.17, 15) is 4.79 Å². The minimum atomic E-state index is 0.0982. The Labute approximate surface area is 114 Å². The van der Waals surface area contributed by atoms with Gasteiger partial charge in [-0.3, -0.25) is 4.98 Å². The van der Waals surface area contributed by atoms with Gasteiger partial charge in [-0.15, -0.1) is 0 Å². The summed E-state index contributed by atoms with van der Waals surface area (Å²) in [6.07, 6.45) is 8.60. The summed E-state index contributed by atoms with van der Waals surface area (Å²) in [6.45, 7) is 2.61. The molecule has 2 amide bonds. The molecule has 1 aromatic rings. The fourth-order valence-corrected chi connectivity index (χ4v) is 2.68. The van der Waals surface area contributed by atoms with Crippen LogP contribution in [0.1, 0.15) is 24.8 Å². The lowest BCUT2D eigenvalue weighted by Gasteiger charge is -2.39. The molecule has 4 heteroatoms. The van der Waals surface area contributed by atoms with E-state index >= 15 is 0 Å². The van der Waals surface area contributed by atoms with E-state index < -0.39 is 0 Å². The normalized spacial score (nSPS) is 19.1. The van der Waals surface area contributed by atoms with Gasteiger partial charge in [-0.2, -0.15) is 0 Å². The van der Waals surface area contributed by atoms with Crippen LogP contribution in [0, 0.1) is 11.8 Å². The minimum Gasteiger partial charge on any atom is -0.338 e. The summed E-state index contributed by atoms with van der Waals surface area (Å²) >= 11 is 0. The minimum absolute atomic E-state index is 0.0982. The molecule has 2 heterocycles. The Morgan fingerprint density at radius 1 is 1.26 bits per heavy atom. The third-order valence-corrected chi connectivity index (χ3v) is 4.05. The van der Waals surface area contributed by atoms with Gasteiger partial charge in [0.05, 0.1) is 0 Å². The lowest BCUT2D eigenvalue weighted by molar-refractivity contribution is 0.112. The van der Waals surface area contributed by atoms with E-state index in [1.807, 2.05) is 17.0 Å². The fraction of sp³-hybridized carbons (Fsp3) is 0.600. The first-order valence-electron chi connectivity index (χ1n) is 7.23. The van der Waals surface area contributed by atoms with Crippen LogP contribution in [0.25, 0.3) is 0 Å². The topological polar surface area (TPSA) is 45.2 Å². The van der Waals surface area contributed by atoms with Gasteiger partial charge in [0.15, 0.2) is 0 Å². The largest absolute Gasteiger partial charge is 0.338 e. The standard InChI is InChI=1S/C15H21N3O/c19-15(17-8-5-12-3-6-16-7-4-12)18-10-14(11-18)9-13-1-2-13/h3-4,6-7,13-14H,1-2,5,8-11H2,(H,17,19). The number of hydrogen-bond donors (Lipinski definition) is 1. The highest BCUT2D eigenvalue weighted by Crippen LogP contribution is 2.37. The highest BCUT2D eigenvalue weighted by Gasteiger charge is 2.34. The molecule has 4 nitrogen and oxygen atoms in total. The van der Waals surface area contributed by atoms with Gasteiger partial charge in [0.25, 0.3) is 0 Å². The van der Waals surface area contributed by atoms with E-state index in [-0.39, 0.29) is 6.03 Å². The Morgan fingerprint density at radius 3 is 2.68 bits per heavy atom. The molecule has 102 valence electrons. The van der Waals surface area contributed by atoms with E-state index in [0.29, 0.717) is 6.54 Å². The van der Waals surface area contributed by atoms with Gasteiger partial charge >= 0.3 is 6.03 Å². The van der Waals surface area contributed by atoms with E-state index in [1.54, 1.807) is 12.4 Å². The number of urea groups is 1. The second-order valence-electron chi connectivity index (χ2n) is 5.79. The van der Waals surface area contributed by atoms with Crippen molar-refractivity contribution in [3.8, 4) is 0 Å². The summed E-state index contributed by atoms with van der Waals surface area (Å²) in [5.41, 5.74) is 1.21. The predicted octanol–water partition coefficient (Wildman–Crippen LogP) is 2.07. The molecule has 0 atom stereocenters. The zero-order valence-electron chi connectivity index (χ0n) is 11.2. The number of nitrogens with zero attached hydrogens (tertiary/aromatic N) is 2. The zero-order chi connectivity index (χ0) is 13.1. The average molecular weight is 259 g/mol. The number of likely N-dealkylation sites (tertiary alicyclic amines) is 1. The number of amides is 2. The first-order valence-corrected chi connectivity index (χ1v) is 7.23. The Hall–Kier alpha value is -1.58. The van der Waals surface area contributed by atoms with Crippen LogP contribution in [0.2, 0.25) is 0 Å². The summed E-state index contributed by atoms with van der Waals surface area (Å²) in [5.74, 6) is 1.74. The molecule has 1 saturated heterocycles. The van der Waals surface area contributed by atoms with Crippen LogP contribution in [0.5, 0.6) is 0 Å². The van der Waals surface area contributed by atoms with Gasteiger partial charge in [-0.25, -0.2) is 4.79 Å². The SMILES string of the molecule is O=C(NCCc1ccncc1)N1CC(CC2CC2)C1. The van der Waals surface area contributed by atoms with Crippen LogP contribution < -0.4 is 5.32 Å². The van der Waals surface area contributed by atoms with Gasteiger partial charge < -0.3 is 10.2 Å². The molecular weight excluding hydrogens is 238 g/mol. The molecule has 0 bridgehead atoms. The lowest BCUT2D eigenvalue weighted by Crippen LogP contribution is -2.54. The molecular formula is C15H21N3O. The van der Waals surface area contributed by atoms with Crippen LogP contribution >= 0.6 is 0 Å². The van der Waals surface area contributed by atoms with E-state index in [1.165, 1.54) is 24.8 Å². The highest BCUT2D eigenvalue weighted by atomic mass is 16.2. The number of carbonyl (C=O) groups is 1. The number of rotatable bonds is 5. The van der Waals surface area contributed by atoms with Gasteiger partial charge in [0, 0.05) is 32.0 Å². The Kier molecular flexibility index (Phi) is 3.67. The second-order valence-corrected chi connectivity index (χ2v) is 5.79. The maximum Gasteiger partial charge on any atom is 0.317 e. The van der Waals surface area contributed by atoms with E-state index in [4.69, 9.17) is 0 Å². The molecule has 3 rings (SSSR count). The summed E-state index contributed by atoms with van der Waals surface area (Å²) in [5, 5.41) is 2.99. The van der Waals surface area contributed by atoms with Crippen molar-refractivity contribution in [3.05, 3.63) is 30.1 Å². The molecule has 2 aliphatic rings. The van der Waals surface area contributed by atoms with E-state index in [0.717, 1.165) is 31.3 Å². The summed E-state index contributed by atoms with van der Waals surface area (Å²) in [4.78, 5) is 17.8.